The Kier molecular flexibility index (Phi) is 6.23. The van der Waals surface area contributed by atoms with Crippen LogP contribution in [0.4, 0.5) is 5.13 Å². The van der Waals surface area contributed by atoms with Crippen LogP contribution in [0.2, 0.25) is 0 Å². The van der Waals surface area contributed by atoms with Crippen molar-refractivity contribution in [1.29, 1.82) is 0 Å². The third kappa shape index (κ3) is 4.78. The molecular formula is C22H27N3O5S2. The number of thiazole rings is 1. The van der Waals surface area contributed by atoms with Gasteiger partial charge in [0.1, 0.15) is 0 Å². The van der Waals surface area contributed by atoms with Gasteiger partial charge in [-0.15, -0.1) is 0 Å². The molecule has 4 rings (SSSR count). The Morgan fingerprint density at radius 3 is 2.66 bits per heavy atom. The number of hydrogen-bond acceptors (Lipinski definition) is 7. The van der Waals surface area contributed by atoms with Crippen molar-refractivity contribution in [2.45, 2.75) is 50.5 Å². The number of ketones is 1. The van der Waals surface area contributed by atoms with E-state index in [1.165, 1.54) is 47.0 Å². The van der Waals surface area contributed by atoms with Crippen LogP contribution in [0, 0.1) is 5.41 Å². The van der Waals surface area contributed by atoms with E-state index in [1.54, 1.807) is 0 Å². The summed E-state index contributed by atoms with van der Waals surface area (Å²) in [6.45, 7) is 5.02. The Morgan fingerprint density at radius 1 is 1.28 bits per heavy atom. The van der Waals surface area contributed by atoms with Gasteiger partial charge in [0.2, 0.25) is 10.0 Å². The van der Waals surface area contributed by atoms with Gasteiger partial charge in [-0.1, -0.05) is 25.2 Å². The number of rotatable bonds is 6. The molecule has 10 heteroatoms. The molecule has 1 aliphatic carbocycles. The summed E-state index contributed by atoms with van der Waals surface area (Å²) in [4.78, 5) is 30.2. The number of carbonyl (C=O) groups excluding carboxylic acids is 2. The van der Waals surface area contributed by atoms with Crippen LogP contribution >= 0.6 is 11.3 Å². The normalized spacial score (nSPS) is 20.4. The molecule has 0 radical (unpaired) electrons. The topological polar surface area (TPSA) is 106 Å². The number of fused-ring (bicyclic) bond motifs is 1. The van der Waals surface area contributed by atoms with Gasteiger partial charge in [0.05, 0.1) is 21.6 Å². The summed E-state index contributed by atoms with van der Waals surface area (Å²) in [6.07, 6.45) is 2.86. The lowest BCUT2D eigenvalue weighted by Crippen LogP contribution is -2.34. The van der Waals surface area contributed by atoms with Crippen LogP contribution in [0.5, 0.6) is 0 Å². The lowest BCUT2D eigenvalue weighted by Gasteiger charge is -2.26. The van der Waals surface area contributed by atoms with Crippen LogP contribution in [0.3, 0.4) is 0 Å². The number of anilines is 1. The summed E-state index contributed by atoms with van der Waals surface area (Å²) in [5.41, 5.74) is 0.894. The van der Waals surface area contributed by atoms with Gasteiger partial charge < -0.3 is 4.74 Å². The molecule has 1 unspecified atom stereocenters. The van der Waals surface area contributed by atoms with Crippen molar-refractivity contribution in [3.05, 3.63) is 40.4 Å². The van der Waals surface area contributed by atoms with E-state index < -0.39 is 15.9 Å². The van der Waals surface area contributed by atoms with Gasteiger partial charge in [0, 0.05) is 32.2 Å². The first-order valence-electron chi connectivity index (χ1n) is 10.6. The van der Waals surface area contributed by atoms with Gasteiger partial charge in [-0.25, -0.2) is 13.4 Å². The molecule has 2 aliphatic rings. The second kappa shape index (κ2) is 8.66. The molecule has 32 heavy (non-hydrogen) atoms. The van der Waals surface area contributed by atoms with Crippen molar-refractivity contribution in [2.75, 3.05) is 25.5 Å². The summed E-state index contributed by atoms with van der Waals surface area (Å²) < 4.78 is 32.4. The molecule has 8 nitrogen and oxygen atoms in total. The molecule has 1 N–H and O–H groups in total. The monoisotopic (exact) mass is 477 g/mol. The van der Waals surface area contributed by atoms with Crippen LogP contribution in [0.15, 0.2) is 29.2 Å². The van der Waals surface area contributed by atoms with Crippen molar-refractivity contribution in [3.63, 3.8) is 0 Å². The predicted octanol–water partition coefficient (Wildman–Crippen LogP) is 3.35. The highest BCUT2D eigenvalue weighted by molar-refractivity contribution is 7.89. The van der Waals surface area contributed by atoms with Gasteiger partial charge in [-0.3, -0.25) is 14.9 Å². The van der Waals surface area contributed by atoms with Crippen LogP contribution in [-0.4, -0.2) is 55.7 Å². The standard InChI is InChI=1S/C22H27N3O5S2/c1-22(2)11-17-19(18(26)12-22)31-21(23-17)24-20(27)14-6-8-16(9-7-14)32(28,29)25(3)13-15-5-4-10-30-15/h6-9,15H,4-5,10-13H2,1-3H3,(H,23,24,27). The Morgan fingerprint density at radius 2 is 2.00 bits per heavy atom. The van der Waals surface area contributed by atoms with Crippen LogP contribution in [0.1, 0.15) is 58.8 Å². The minimum absolute atomic E-state index is 0.0518. The van der Waals surface area contributed by atoms with Crippen molar-refractivity contribution in [2.24, 2.45) is 5.41 Å². The zero-order chi connectivity index (χ0) is 23.1. The minimum atomic E-state index is -3.67. The van der Waals surface area contributed by atoms with Gasteiger partial charge in [-0.2, -0.15) is 4.31 Å². The molecule has 1 fully saturated rings. The number of ether oxygens (including phenoxy) is 1. The zero-order valence-electron chi connectivity index (χ0n) is 18.4. The maximum absolute atomic E-state index is 12.8. The second-order valence-electron chi connectivity index (χ2n) is 9.13. The maximum Gasteiger partial charge on any atom is 0.257 e. The molecule has 1 aliphatic heterocycles. The molecule has 1 aromatic carbocycles. The summed E-state index contributed by atoms with van der Waals surface area (Å²) in [7, 11) is -2.14. The number of nitrogens with zero attached hydrogens (tertiary/aromatic N) is 2. The first-order valence-corrected chi connectivity index (χ1v) is 12.8. The molecule has 172 valence electrons. The predicted molar refractivity (Wildman–Crippen MR) is 122 cm³/mol. The number of likely N-dealkylation sites (N-methyl/N-ethyl adjacent to an activating group) is 1. The highest BCUT2D eigenvalue weighted by Gasteiger charge is 2.34. The summed E-state index contributed by atoms with van der Waals surface area (Å²) >= 11 is 1.19. The number of nitrogens with one attached hydrogen (secondary N) is 1. The Balaban J connectivity index is 1.44. The number of amides is 1. The van der Waals surface area contributed by atoms with Crippen molar-refractivity contribution in [3.8, 4) is 0 Å². The molecular weight excluding hydrogens is 450 g/mol. The fourth-order valence-corrected chi connectivity index (χ4v) is 6.19. The Bertz CT molecular complexity index is 1130. The maximum atomic E-state index is 12.8. The molecule has 1 aromatic heterocycles. The second-order valence-corrected chi connectivity index (χ2v) is 12.2. The number of aromatic nitrogens is 1. The summed E-state index contributed by atoms with van der Waals surface area (Å²) in [6, 6.07) is 5.80. The van der Waals surface area contributed by atoms with E-state index >= 15 is 0 Å². The third-order valence-corrected chi connectivity index (χ3v) is 8.66. The van der Waals surface area contributed by atoms with Crippen molar-refractivity contribution in [1.82, 2.24) is 9.29 Å². The quantitative estimate of drug-likeness (QED) is 0.684. The molecule has 1 amide bonds. The average Bonchev–Trinajstić information content (AvgIpc) is 3.36. The number of hydrogen-bond donors (Lipinski definition) is 1. The van der Waals surface area contributed by atoms with E-state index in [0.717, 1.165) is 18.5 Å². The lowest BCUT2D eigenvalue weighted by molar-refractivity contribution is 0.0915. The summed E-state index contributed by atoms with van der Waals surface area (Å²) in [5, 5.41) is 3.11. The van der Waals surface area contributed by atoms with Crippen LogP contribution in [0.25, 0.3) is 0 Å². The SMILES string of the molecule is CN(CC1CCCO1)S(=O)(=O)c1ccc(C(=O)Nc2nc3c(s2)C(=O)CC(C)(C)C3)cc1. The lowest BCUT2D eigenvalue weighted by atomic mass is 9.78. The van der Waals surface area contributed by atoms with E-state index in [0.29, 0.717) is 41.6 Å². The van der Waals surface area contributed by atoms with Gasteiger partial charge in [0.25, 0.3) is 5.91 Å². The highest BCUT2D eigenvalue weighted by atomic mass is 32.2. The van der Waals surface area contributed by atoms with Gasteiger partial charge >= 0.3 is 0 Å². The smallest absolute Gasteiger partial charge is 0.257 e. The number of carbonyl (C=O) groups is 2. The fourth-order valence-electron chi connectivity index (χ4n) is 4.07. The van der Waals surface area contributed by atoms with Crippen molar-refractivity contribution >= 4 is 38.2 Å². The first-order chi connectivity index (χ1) is 15.0. The van der Waals surface area contributed by atoms with Gasteiger partial charge in [0.15, 0.2) is 10.9 Å². The highest BCUT2D eigenvalue weighted by Crippen LogP contribution is 2.38. The molecule has 2 aromatic rings. The molecule has 0 bridgehead atoms. The molecule has 1 atom stereocenters. The first kappa shape index (κ1) is 23.0. The van der Waals surface area contributed by atoms with Gasteiger partial charge in [-0.05, 0) is 48.9 Å². The number of benzene rings is 1. The average molecular weight is 478 g/mol. The third-order valence-electron chi connectivity index (χ3n) is 5.77. The number of sulfonamides is 1. The van der Waals surface area contributed by atoms with Crippen molar-refractivity contribution < 1.29 is 22.7 Å². The molecule has 2 heterocycles. The fraction of sp³-hybridized carbons (Fsp3) is 0.500. The van der Waals surface area contributed by atoms with E-state index in [4.69, 9.17) is 4.74 Å². The largest absolute Gasteiger partial charge is 0.377 e. The van der Waals surface area contributed by atoms with Crippen LogP contribution < -0.4 is 5.32 Å². The Hall–Kier alpha value is -2.14. The van der Waals surface area contributed by atoms with E-state index in [-0.39, 0.29) is 22.2 Å². The van der Waals surface area contributed by atoms with E-state index in [1.807, 2.05) is 13.8 Å². The number of Topliss-reactive ketones (excluding diaryl/α,β-unsaturated/α-hetero) is 1. The molecule has 1 saturated heterocycles. The zero-order valence-corrected chi connectivity index (χ0v) is 20.0. The minimum Gasteiger partial charge on any atom is -0.377 e. The molecule has 0 saturated carbocycles. The molecule has 0 spiro atoms. The van der Waals surface area contributed by atoms with Crippen LogP contribution in [-0.2, 0) is 21.2 Å². The van der Waals surface area contributed by atoms with E-state index in [9.17, 15) is 18.0 Å². The van der Waals surface area contributed by atoms with E-state index in [2.05, 4.69) is 10.3 Å². The summed E-state index contributed by atoms with van der Waals surface area (Å²) in [5.74, 6) is -0.351. The Labute approximate surface area is 192 Å².